The molecule has 0 saturated carbocycles. The highest BCUT2D eigenvalue weighted by molar-refractivity contribution is 7.89. The summed E-state index contributed by atoms with van der Waals surface area (Å²) in [5, 5.41) is 8.74. The number of hydrogen-bond donors (Lipinski definition) is 0. The van der Waals surface area contributed by atoms with Gasteiger partial charge in [-0.2, -0.15) is 14.5 Å². The van der Waals surface area contributed by atoms with E-state index in [-0.39, 0.29) is 6.04 Å². The molecule has 1 aliphatic heterocycles. The van der Waals surface area contributed by atoms with E-state index < -0.39 is 10.0 Å². The molecule has 0 atom stereocenters. The number of piperidine rings is 1. The van der Waals surface area contributed by atoms with Crippen molar-refractivity contribution in [2.75, 3.05) is 13.1 Å². The average molecular weight is 366 g/mol. The number of nitrogens with zero attached hydrogens (tertiary/aromatic N) is 5. The molecular weight excluding hydrogens is 338 g/mol. The van der Waals surface area contributed by atoms with Gasteiger partial charge in [0.05, 0.1) is 17.9 Å². The number of hydrogen-bond acceptors (Lipinski definition) is 4. The third-order valence-electron chi connectivity index (χ3n) is 4.60. The van der Waals surface area contributed by atoms with Gasteiger partial charge in [-0.15, -0.1) is 0 Å². The van der Waals surface area contributed by atoms with Crippen molar-refractivity contribution >= 4 is 10.0 Å². The van der Waals surface area contributed by atoms with Crippen molar-refractivity contribution in [3.63, 3.8) is 0 Å². The van der Waals surface area contributed by atoms with Crippen LogP contribution in [0, 0.1) is 19.8 Å². The van der Waals surface area contributed by atoms with Crippen LogP contribution in [0.2, 0.25) is 0 Å². The van der Waals surface area contributed by atoms with Gasteiger partial charge in [-0.1, -0.05) is 13.8 Å². The molecule has 0 aromatic carbocycles. The first-order valence-corrected chi connectivity index (χ1v) is 10.3. The summed E-state index contributed by atoms with van der Waals surface area (Å²) in [6.07, 6.45) is 7.09. The van der Waals surface area contributed by atoms with Gasteiger partial charge in [0, 0.05) is 32.0 Å². The van der Waals surface area contributed by atoms with E-state index in [1.807, 2.05) is 24.0 Å². The summed E-state index contributed by atoms with van der Waals surface area (Å²) in [7, 11) is -3.49. The largest absolute Gasteiger partial charge is 0.271 e. The van der Waals surface area contributed by atoms with Gasteiger partial charge in [-0.05, 0) is 38.2 Å². The van der Waals surface area contributed by atoms with Crippen LogP contribution in [0.25, 0.3) is 0 Å². The number of aryl methyl sites for hydroxylation is 2. The zero-order valence-corrected chi connectivity index (χ0v) is 16.2. The van der Waals surface area contributed by atoms with Gasteiger partial charge in [-0.25, -0.2) is 8.42 Å². The zero-order valence-electron chi connectivity index (χ0n) is 15.4. The zero-order chi connectivity index (χ0) is 18.2. The lowest BCUT2D eigenvalue weighted by molar-refractivity contribution is 0.261. The fraction of sp³-hybridized carbons (Fsp3) is 0.647. The maximum atomic E-state index is 13.0. The van der Waals surface area contributed by atoms with Crippen LogP contribution in [-0.2, 0) is 16.6 Å². The lowest BCUT2D eigenvalue weighted by Crippen LogP contribution is -2.39. The highest BCUT2D eigenvalue weighted by Gasteiger charge is 2.32. The molecule has 0 N–H and O–H groups in total. The van der Waals surface area contributed by atoms with Crippen molar-refractivity contribution in [3.05, 3.63) is 29.8 Å². The molecule has 1 fully saturated rings. The maximum absolute atomic E-state index is 13.0. The molecule has 0 spiro atoms. The van der Waals surface area contributed by atoms with Crippen molar-refractivity contribution < 1.29 is 8.42 Å². The molecule has 3 rings (SSSR count). The summed E-state index contributed by atoms with van der Waals surface area (Å²) in [4.78, 5) is 0.335. The highest BCUT2D eigenvalue weighted by Crippen LogP contribution is 2.27. The Morgan fingerprint density at radius 3 is 2.44 bits per heavy atom. The summed E-state index contributed by atoms with van der Waals surface area (Å²) in [5.41, 5.74) is 1.70. The lowest BCUT2D eigenvalue weighted by Gasteiger charge is -2.31. The monoisotopic (exact) mass is 365 g/mol. The van der Waals surface area contributed by atoms with Gasteiger partial charge in [0.1, 0.15) is 4.90 Å². The second-order valence-corrected chi connectivity index (χ2v) is 9.23. The summed E-state index contributed by atoms with van der Waals surface area (Å²) in [5.74, 6) is 0.420. The lowest BCUT2D eigenvalue weighted by atomic mass is 10.1. The molecule has 0 amide bonds. The molecule has 7 nitrogen and oxygen atoms in total. The molecule has 0 aliphatic carbocycles. The molecular formula is C17H27N5O2S. The smallest absolute Gasteiger partial charge is 0.246 e. The van der Waals surface area contributed by atoms with E-state index >= 15 is 0 Å². The van der Waals surface area contributed by atoms with Crippen LogP contribution in [0.4, 0.5) is 0 Å². The van der Waals surface area contributed by atoms with Gasteiger partial charge in [0.25, 0.3) is 0 Å². The first kappa shape index (κ1) is 18.1. The molecule has 0 unspecified atom stereocenters. The normalized spacial score (nSPS) is 17.5. The number of sulfonamides is 1. The quantitative estimate of drug-likeness (QED) is 0.815. The van der Waals surface area contributed by atoms with E-state index in [2.05, 4.69) is 24.0 Å². The van der Waals surface area contributed by atoms with Crippen LogP contribution in [0.3, 0.4) is 0 Å². The summed E-state index contributed by atoms with van der Waals surface area (Å²) >= 11 is 0. The van der Waals surface area contributed by atoms with Gasteiger partial charge < -0.3 is 0 Å². The molecule has 138 valence electrons. The Bertz CT molecular complexity index is 829. The summed E-state index contributed by atoms with van der Waals surface area (Å²) in [6, 6.07) is 0.268. The SMILES string of the molecule is Cc1cnn(C2CCN(S(=O)(=O)c3cn(CC(C)C)nc3C)CC2)c1. The Morgan fingerprint density at radius 1 is 1.20 bits per heavy atom. The summed E-state index contributed by atoms with van der Waals surface area (Å²) < 4.78 is 31.3. The van der Waals surface area contributed by atoms with Crippen LogP contribution in [-0.4, -0.2) is 45.4 Å². The van der Waals surface area contributed by atoms with Crippen LogP contribution >= 0.6 is 0 Å². The molecule has 2 aromatic heterocycles. The van der Waals surface area contributed by atoms with Crippen LogP contribution in [0.1, 0.15) is 44.0 Å². The van der Waals surface area contributed by atoms with Gasteiger partial charge in [0.15, 0.2) is 0 Å². The fourth-order valence-corrected chi connectivity index (χ4v) is 4.98. The second kappa shape index (κ2) is 6.92. The van der Waals surface area contributed by atoms with Crippen molar-refractivity contribution in [1.29, 1.82) is 0 Å². The van der Waals surface area contributed by atoms with E-state index in [4.69, 9.17) is 0 Å². The van der Waals surface area contributed by atoms with Crippen molar-refractivity contribution in [1.82, 2.24) is 23.9 Å². The predicted molar refractivity (Wildman–Crippen MR) is 95.8 cm³/mol. The average Bonchev–Trinajstić information content (AvgIpc) is 3.13. The van der Waals surface area contributed by atoms with Gasteiger partial charge in [0.2, 0.25) is 10.0 Å². The summed E-state index contributed by atoms with van der Waals surface area (Å²) in [6.45, 7) is 9.71. The Kier molecular flexibility index (Phi) is 5.02. The Balaban J connectivity index is 1.72. The van der Waals surface area contributed by atoms with Crippen molar-refractivity contribution in [3.8, 4) is 0 Å². The van der Waals surface area contributed by atoms with Gasteiger partial charge in [-0.3, -0.25) is 9.36 Å². The third kappa shape index (κ3) is 3.79. The van der Waals surface area contributed by atoms with Crippen molar-refractivity contribution in [2.45, 2.75) is 58.0 Å². The van der Waals surface area contributed by atoms with Crippen molar-refractivity contribution in [2.24, 2.45) is 5.92 Å². The second-order valence-electron chi connectivity index (χ2n) is 7.33. The van der Waals surface area contributed by atoms with E-state index in [0.29, 0.717) is 29.6 Å². The first-order chi connectivity index (χ1) is 11.8. The Morgan fingerprint density at radius 2 is 1.88 bits per heavy atom. The van der Waals surface area contributed by atoms with Crippen LogP contribution in [0.5, 0.6) is 0 Å². The van der Waals surface area contributed by atoms with E-state index in [1.165, 1.54) is 0 Å². The molecule has 0 bridgehead atoms. The molecule has 3 heterocycles. The first-order valence-electron chi connectivity index (χ1n) is 8.82. The number of aromatic nitrogens is 4. The molecule has 25 heavy (non-hydrogen) atoms. The van der Waals surface area contributed by atoms with E-state index in [1.54, 1.807) is 22.1 Å². The van der Waals surface area contributed by atoms with E-state index in [0.717, 1.165) is 24.9 Å². The Hall–Kier alpha value is -1.67. The third-order valence-corrected chi connectivity index (χ3v) is 6.60. The molecule has 1 saturated heterocycles. The predicted octanol–water partition coefficient (Wildman–Crippen LogP) is 2.38. The molecule has 1 aliphatic rings. The molecule has 2 aromatic rings. The Labute approximate surface area is 149 Å². The molecule has 0 radical (unpaired) electrons. The maximum Gasteiger partial charge on any atom is 0.246 e. The minimum Gasteiger partial charge on any atom is -0.271 e. The standard InChI is InChI=1S/C17H27N5O2S/c1-13(2)10-20-12-17(15(4)19-20)25(23,24)21-7-5-16(6-8-21)22-11-14(3)9-18-22/h9,11-13,16H,5-8,10H2,1-4H3. The van der Waals surface area contributed by atoms with Gasteiger partial charge >= 0.3 is 0 Å². The fourth-order valence-electron chi connectivity index (χ4n) is 3.34. The van der Waals surface area contributed by atoms with Crippen LogP contribution < -0.4 is 0 Å². The van der Waals surface area contributed by atoms with Crippen LogP contribution in [0.15, 0.2) is 23.5 Å². The minimum atomic E-state index is -3.49. The van der Waals surface area contributed by atoms with E-state index in [9.17, 15) is 8.42 Å². The topological polar surface area (TPSA) is 73.0 Å². The molecule has 8 heteroatoms. The number of rotatable bonds is 5. The minimum absolute atomic E-state index is 0.268. The highest BCUT2D eigenvalue weighted by atomic mass is 32.2.